The molecule has 1 saturated heterocycles. The van der Waals surface area contributed by atoms with Gasteiger partial charge in [-0.25, -0.2) is 0 Å². The van der Waals surface area contributed by atoms with Gasteiger partial charge < -0.3 is 20.0 Å². The minimum Gasteiger partial charge on any atom is -0.469 e. The Morgan fingerprint density at radius 2 is 2.15 bits per heavy atom. The Kier molecular flexibility index (Phi) is 7.60. The fraction of sp³-hybridized carbons (Fsp3) is 0.714. The molecule has 0 aromatic carbocycles. The van der Waals surface area contributed by atoms with E-state index in [2.05, 4.69) is 10.6 Å². The molecule has 3 rings (SSSR count). The van der Waals surface area contributed by atoms with Crippen molar-refractivity contribution in [3.8, 4) is 0 Å². The van der Waals surface area contributed by atoms with Crippen molar-refractivity contribution in [1.82, 2.24) is 15.5 Å². The molecule has 6 nitrogen and oxygen atoms in total. The maximum atomic E-state index is 11.9. The summed E-state index contributed by atoms with van der Waals surface area (Å²) in [5, 5.41) is 7.02. The van der Waals surface area contributed by atoms with Gasteiger partial charge in [-0.2, -0.15) is 0 Å². The van der Waals surface area contributed by atoms with Crippen molar-refractivity contribution in [2.45, 2.75) is 64.3 Å². The normalized spacial score (nSPS) is 21.4. The molecule has 150 valence electrons. The molecule has 6 heteroatoms. The summed E-state index contributed by atoms with van der Waals surface area (Å²) in [4.78, 5) is 18.8. The first-order valence-corrected chi connectivity index (χ1v) is 10.6. The fourth-order valence-electron chi connectivity index (χ4n) is 4.02. The molecule has 2 fully saturated rings. The molecule has 1 aliphatic carbocycles. The van der Waals surface area contributed by atoms with Crippen LogP contribution in [0.2, 0.25) is 0 Å². The van der Waals surface area contributed by atoms with Crippen molar-refractivity contribution < 1.29 is 9.21 Å². The zero-order valence-corrected chi connectivity index (χ0v) is 16.6. The minimum absolute atomic E-state index is 0.241. The lowest BCUT2D eigenvalue weighted by Gasteiger charge is -2.22. The Bertz CT molecular complexity index is 593. The second-order valence-electron chi connectivity index (χ2n) is 7.77. The molecule has 1 aromatic rings. The molecule has 27 heavy (non-hydrogen) atoms. The van der Waals surface area contributed by atoms with Crippen molar-refractivity contribution in [3.05, 3.63) is 24.2 Å². The van der Waals surface area contributed by atoms with Gasteiger partial charge in [-0.15, -0.1) is 0 Å². The van der Waals surface area contributed by atoms with Crippen molar-refractivity contribution in [2.75, 3.05) is 26.2 Å². The molecule has 1 atom stereocenters. The van der Waals surface area contributed by atoms with E-state index in [9.17, 15) is 4.79 Å². The number of guanidine groups is 1. The van der Waals surface area contributed by atoms with Gasteiger partial charge in [0.2, 0.25) is 5.91 Å². The number of furan rings is 1. The van der Waals surface area contributed by atoms with Crippen LogP contribution >= 0.6 is 0 Å². The lowest BCUT2D eigenvalue weighted by Crippen LogP contribution is -2.45. The van der Waals surface area contributed by atoms with Crippen LogP contribution in [-0.2, 0) is 11.2 Å². The first-order chi connectivity index (χ1) is 13.2. The van der Waals surface area contributed by atoms with Gasteiger partial charge in [-0.3, -0.25) is 9.79 Å². The van der Waals surface area contributed by atoms with Gasteiger partial charge in [-0.05, 0) is 37.3 Å². The molecule has 1 saturated carbocycles. The number of likely N-dealkylation sites (tertiary alicyclic amines) is 1. The highest BCUT2D eigenvalue weighted by molar-refractivity contribution is 5.80. The van der Waals surface area contributed by atoms with Crippen molar-refractivity contribution in [2.24, 2.45) is 10.9 Å². The Morgan fingerprint density at radius 1 is 1.30 bits per heavy atom. The third kappa shape index (κ3) is 6.29. The third-order valence-corrected chi connectivity index (χ3v) is 5.66. The van der Waals surface area contributed by atoms with Crippen LogP contribution in [0.3, 0.4) is 0 Å². The second-order valence-corrected chi connectivity index (χ2v) is 7.77. The van der Waals surface area contributed by atoms with Crippen molar-refractivity contribution in [3.63, 3.8) is 0 Å². The third-order valence-electron chi connectivity index (χ3n) is 5.66. The molecule has 2 heterocycles. The number of nitrogens with one attached hydrogen (secondary N) is 2. The number of carbonyl (C=O) groups excluding carboxylic acids is 1. The number of aliphatic imine (C=N–C) groups is 1. The maximum absolute atomic E-state index is 11.9. The SMILES string of the molecule is CCC(=O)N1CCC(NC(=NCC2CCCCC2)NCCc2ccco2)C1. The zero-order valence-electron chi connectivity index (χ0n) is 16.6. The first kappa shape index (κ1) is 19.8. The molecule has 0 radical (unpaired) electrons. The van der Waals surface area contributed by atoms with Crippen LogP contribution < -0.4 is 10.6 Å². The van der Waals surface area contributed by atoms with Gasteiger partial charge in [0.25, 0.3) is 0 Å². The molecule has 2 aliphatic rings. The monoisotopic (exact) mass is 374 g/mol. The molecule has 0 spiro atoms. The van der Waals surface area contributed by atoms with E-state index < -0.39 is 0 Å². The first-order valence-electron chi connectivity index (χ1n) is 10.6. The van der Waals surface area contributed by atoms with Crippen LogP contribution in [0, 0.1) is 5.92 Å². The van der Waals surface area contributed by atoms with Crippen LogP contribution in [0.15, 0.2) is 27.8 Å². The highest BCUT2D eigenvalue weighted by atomic mass is 16.3. The molecule has 1 amide bonds. The standard InChI is InChI=1S/C21H34N4O2/c1-2-20(26)25-13-11-18(16-25)24-21(22-12-10-19-9-6-14-27-19)23-15-17-7-4-3-5-8-17/h6,9,14,17-18H,2-5,7-8,10-13,15-16H2,1H3,(H2,22,23,24). The minimum atomic E-state index is 0.241. The molecular weight excluding hydrogens is 340 g/mol. The van der Waals surface area contributed by atoms with Gasteiger partial charge in [0.15, 0.2) is 5.96 Å². The average Bonchev–Trinajstić information content (AvgIpc) is 3.38. The van der Waals surface area contributed by atoms with E-state index in [1.54, 1.807) is 6.26 Å². The van der Waals surface area contributed by atoms with Crippen LogP contribution in [0.5, 0.6) is 0 Å². The Morgan fingerprint density at radius 3 is 2.89 bits per heavy atom. The molecule has 1 aliphatic heterocycles. The number of nitrogens with zero attached hydrogens (tertiary/aromatic N) is 2. The number of rotatable bonds is 7. The van der Waals surface area contributed by atoms with Crippen LogP contribution in [0.25, 0.3) is 0 Å². The van der Waals surface area contributed by atoms with Crippen LogP contribution in [0.1, 0.15) is 57.6 Å². The van der Waals surface area contributed by atoms with E-state index in [1.807, 2.05) is 24.0 Å². The predicted molar refractivity (Wildman–Crippen MR) is 108 cm³/mol. The summed E-state index contributed by atoms with van der Waals surface area (Å²) in [6.45, 7) is 5.21. The predicted octanol–water partition coefficient (Wildman–Crippen LogP) is 2.95. The quantitative estimate of drug-likeness (QED) is 0.569. The Hall–Kier alpha value is -1.98. The summed E-state index contributed by atoms with van der Waals surface area (Å²) in [5.41, 5.74) is 0. The van der Waals surface area contributed by atoms with Crippen LogP contribution in [-0.4, -0.2) is 49.0 Å². The summed E-state index contributed by atoms with van der Waals surface area (Å²) in [5.74, 6) is 2.81. The lowest BCUT2D eigenvalue weighted by molar-refractivity contribution is -0.129. The zero-order chi connectivity index (χ0) is 18.9. The molecule has 2 N–H and O–H groups in total. The summed E-state index contributed by atoms with van der Waals surface area (Å²) in [6, 6.07) is 4.20. The number of amides is 1. The summed E-state index contributed by atoms with van der Waals surface area (Å²) < 4.78 is 5.41. The number of hydrogen-bond donors (Lipinski definition) is 2. The van der Waals surface area contributed by atoms with Gasteiger partial charge in [0.1, 0.15) is 5.76 Å². The van der Waals surface area contributed by atoms with Gasteiger partial charge in [0.05, 0.1) is 6.26 Å². The largest absolute Gasteiger partial charge is 0.469 e. The molecule has 1 unspecified atom stereocenters. The van der Waals surface area contributed by atoms with E-state index in [0.717, 1.165) is 50.7 Å². The van der Waals surface area contributed by atoms with Gasteiger partial charge >= 0.3 is 0 Å². The van der Waals surface area contributed by atoms with E-state index in [-0.39, 0.29) is 11.9 Å². The van der Waals surface area contributed by atoms with Gasteiger partial charge in [-0.1, -0.05) is 26.2 Å². The van der Waals surface area contributed by atoms with E-state index in [4.69, 9.17) is 9.41 Å². The van der Waals surface area contributed by atoms with Crippen molar-refractivity contribution in [1.29, 1.82) is 0 Å². The summed E-state index contributed by atoms with van der Waals surface area (Å²) in [7, 11) is 0. The Labute approximate surface area is 162 Å². The van der Waals surface area contributed by atoms with E-state index in [1.165, 1.54) is 32.1 Å². The highest BCUT2D eigenvalue weighted by Gasteiger charge is 2.26. The molecular formula is C21H34N4O2. The van der Waals surface area contributed by atoms with E-state index >= 15 is 0 Å². The summed E-state index contributed by atoms with van der Waals surface area (Å²) >= 11 is 0. The maximum Gasteiger partial charge on any atom is 0.222 e. The highest BCUT2D eigenvalue weighted by Crippen LogP contribution is 2.23. The van der Waals surface area contributed by atoms with Gasteiger partial charge in [0, 0.05) is 45.1 Å². The Balaban J connectivity index is 1.52. The second kappa shape index (κ2) is 10.4. The molecule has 1 aromatic heterocycles. The molecule has 0 bridgehead atoms. The lowest BCUT2D eigenvalue weighted by atomic mass is 9.89. The van der Waals surface area contributed by atoms with Crippen LogP contribution in [0.4, 0.5) is 0 Å². The van der Waals surface area contributed by atoms with Crippen molar-refractivity contribution >= 4 is 11.9 Å². The smallest absolute Gasteiger partial charge is 0.222 e. The summed E-state index contributed by atoms with van der Waals surface area (Å²) in [6.07, 6.45) is 10.8. The fourth-order valence-corrected chi connectivity index (χ4v) is 4.02. The number of carbonyl (C=O) groups is 1. The average molecular weight is 375 g/mol. The van der Waals surface area contributed by atoms with E-state index in [0.29, 0.717) is 12.3 Å². The number of hydrogen-bond acceptors (Lipinski definition) is 3. The topological polar surface area (TPSA) is 69.9 Å².